The van der Waals surface area contributed by atoms with Gasteiger partial charge in [-0.2, -0.15) is 0 Å². The lowest BCUT2D eigenvalue weighted by Crippen LogP contribution is -2.43. The van der Waals surface area contributed by atoms with E-state index < -0.39 is 35.8 Å². The number of aliphatic imine (C=N–C) groups is 1. The number of carbonyl (C=O) groups excluding carboxylic acids is 1. The second-order valence-electron chi connectivity index (χ2n) is 7.35. The van der Waals surface area contributed by atoms with Crippen LogP contribution in [0.5, 0.6) is 0 Å². The number of ketones is 1. The summed E-state index contributed by atoms with van der Waals surface area (Å²) >= 11 is 0. The van der Waals surface area contributed by atoms with E-state index in [9.17, 15) is 22.8 Å². The molecule has 1 saturated carbocycles. The fraction of sp³-hybridized carbons (Fsp3) is 0.350. The maximum absolute atomic E-state index is 14.6. The lowest BCUT2D eigenvalue weighted by atomic mass is 9.83. The molecular weight excluding hydrogens is 387 g/mol. The maximum Gasteiger partial charge on any atom is 0.283 e. The van der Waals surface area contributed by atoms with Gasteiger partial charge in [0.15, 0.2) is 11.3 Å². The molecule has 2 aromatic rings. The van der Waals surface area contributed by atoms with Gasteiger partial charge in [0.05, 0.1) is 0 Å². The lowest BCUT2D eigenvalue weighted by molar-refractivity contribution is 0.0176. The molecule has 2 heterocycles. The van der Waals surface area contributed by atoms with Gasteiger partial charge in [0.2, 0.25) is 0 Å². The maximum atomic E-state index is 14.6. The van der Waals surface area contributed by atoms with Crippen LogP contribution in [-0.4, -0.2) is 28.9 Å². The van der Waals surface area contributed by atoms with Gasteiger partial charge in [-0.25, -0.2) is 18.2 Å². The van der Waals surface area contributed by atoms with Crippen molar-refractivity contribution in [1.82, 2.24) is 4.57 Å². The minimum Gasteiger partial charge on any atom is -0.462 e. The summed E-state index contributed by atoms with van der Waals surface area (Å²) < 4.78 is 49.4. The fourth-order valence-corrected chi connectivity index (χ4v) is 3.80. The SMILES string of the molecule is Cn1ccc(C(=O)Cc2ccc(F)c([C@@]3(C(F)F)N=C(N)O[C@@H]4C[C@@H]43)c2)cc1=O. The molecule has 1 aromatic heterocycles. The predicted octanol–water partition coefficient (Wildman–Crippen LogP) is 2.14. The van der Waals surface area contributed by atoms with Crippen LogP contribution in [0.3, 0.4) is 0 Å². The number of Topliss-reactive ketones (excluding diaryl/α,β-unsaturated/α-hetero) is 1. The van der Waals surface area contributed by atoms with Gasteiger partial charge in [-0.1, -0.05) is 6.07 Å². The van der Waals surface area contributed by atoms with Crippen LogP contribution in [0.2, 0.25) is 0 Å². The van der Waals surface area contributed by atoms with Crippen molar-refractivity contribution >= 4 is 11.8 Å². The Morgan fingerprint density at radius 2 is 2.14 bits per heavy atom. The zero-order valence-corrected chi connectivity index (χ0v) is 15.4. The van der Waals surface area contributed by atoms with Crippen molar-refractivity contribution in [3.8, 4) is 0 Å². The molecule has 0 unspecified atom stereocenters. The Kier molecular flexibility index (Phi) is 4.48. The number of aromatic nitrogens is 1. The van der Waals surface area contributed by atoms with Crippen molar-refractivity contribution in [3.05, 3.63) is 69.4 Å². The Morgan fingerprint density at radius 1 is 1.38 bits per heavy atom. The number of rotatable bonds is 5. The third-order valence-electron chi connectivity index (χ3n) is 5.45. The monoisotopic (exact) mass is 405 g/mol. The molecule has 0 amide bonds. The molecule has 0 bridgehead atoms. The first-order valence-electron chi connectivity index (χ1n) is 9.01. The summed E-state index contributed by atoms with van der Waals surface area (Å²) in [4.78, 5) is 28.1. The Labute approximate surface area is 163 Å². The molecule has 2 aliphatic rings. The summed E-state index contributed by atoms with van der Waals surface area (Å²) in [6.45, 7) is 0. The first-order valence-corrected chi connectivity index (χ1v) is 9.01. The smallest absolute Gasteiger partial charge is 0.283 e. The average Bonchev–Trinajstić information content (AvgIpc) is 3.44. The Morgan fingerprint density at radius 3 is 2.83 bits per heavy atom. The quantitative estimate of drug-likeness (QED) is 0.773. The molecule has 1 aliphatic carbocycles. The van der Waals surface area contributed by atoms with Crippen LogP contribution >= 0.6 is 0 Å². The zero-order valence-electron chi connectivity index (χ0n) is 15.4. The van der Waals surface area contributed by atoms with Gasteiger partial charge in [-0.05, 0) is 30.2 Å². The molecule has 1 aliphatic heterocycles. The molecule has 0 radical (unpaired) electrons. The summed E-state index contributed by atoms with van der Waals surface area (Å²) in [5.41, 5.74) is 3.30. The van der Waals surface area contributed by atoms with Crippen LogP contribution in [-0.2, 0) is 23.7 Å². The number of hydrogen-bond acceptors (Lipinski definition) is 5. The summed E-state index contributed by atoms with van der Waals surface area (Å²) in [7, 11) is 1.55. The minimum absolute atomic E-state index is 0.177. The van der Waals surface area contributed by atoms with E-state index in [1.807, 2.05) is 0 Å². The number of nitrogens with zero attached hydrogens (tertiary/aromatic N) is 2. The number of carbonyl (C=O) groups is 1. The number of hydrogen-bond donors (Lipinski definition) is 1. The fourth-order valence-electron chi connectivity index (χ4n) is 3.80. The first-order chi connectivity index (χ1) is 13.7. The highest BCUT2D eigenvalue weighted by atomic mass is 19.3. The second kappa shape index (κ2) is 6.75. The van der Waals surface area contributed by atoms with Crippen LogP contribution in [0.1, 0.15) is 27.9 Å². The van der Waals surface area contributed by atoms with Gasteiger partial charge in [0.1, 0.15) is 11.9 Å². The zero-order chi connectivity index (χ0) is 20.9. The van der Waals surface area contributed by atoms with Gasteiger partial charge >= 0.3 is 0 Å². The normalized spacial score (nSPS) is 25.2. The lowest BCUT2D eigenvalue weighted by Gasteiger charge is -2.33. The van der Waals surface area contributed by atoms with Gasteiger partial charge in [0, 0.05) is 42.8 Å². The van der Waals surface area contributed by atoms with Crippen molar-refractivity contribution < 1.29 is 22.7 Å². The van der Waals surface area contributed by atoms with Crippen LogP contribution in [0, 0.1) is 11.7 Å². The highest BCUT2D eigenvalue weighted by molar-refractivity contribution is 5.97. The average molecular weight is 405 g/mol. The van der Waals surface area contributed by atoms with Gasteiger partial charge in [0.25, 0.3) is 18.0 Å². The molecule has 2 N–H and O–H groups in total. The number of benzene rings is 1. The third-order valence-corrected chi connectivity index (χ3v) is 5.45. The van der Waals surface area contributed by atoms with Crippen LogP contribution in [0.4, 0.5) is 13.2 Å². The summed E-state index contributed by atoms with van der Waals surface area (Å²) in [5.74, 6) is -1.92. The molecule has 6 nitrogen and oxygen atoms in total. The Bertz CT molecular complexity index is 1080. The predicted molar refractivity (Wildman–Crippen MR) is 98.4 cm³/mol. The number of aryl methyl sites for hydroxylation is 1. The number of halogens is 3. The van der Waals surface area contributed by atoms with E-state index in [-0.39, 0.29) is 28.9 Å². The van der Waals surface area contributed by atoms with E-state index >= 15 is 0 Å². The number of pyridine rings is 1. The van der Waals surface area contributed by atoms with Gasteiger partial charge < -0.3 is 15.0 Å². The van der Waals surface area contributed by atoms with E-state index in [0.717, 1.165) is 6.07 Å². The summed E-state index contributed by atoms with van der Waals surface area (Å²) in [6.07, 6.45) is -1.94. The molecule has 4 rings (SSSR count). The van der Waals surface area contributed by atoms with Crippen LogP contribution < -0.4 is 11.3 Å². The van der Waals surface area contributed by atoms with Crippen LogP contribution in [0.15, 0.2) is 46.3 Å². The van der Waals surface area contributed by atoms with Crippen molar-refractivity contribution in [2.75, 3.05) is 0 Å². The first kappa shape index (κ1) is 19.2. The van der Waals surface area contributed by atoms with Gasteiger partial charge in [-0.3, -0.25) is 9.59 Å². The second-order valence-corrected chi connectivity index (χ2v) is 7.35. The summed E-state index contributed by atoms with van der Waals surface area (Å²) in [5, 5.41) is 0. The topological polar surface area (TPSA) is 86.7 Å². The van der Waals surface area contributed by atoms with Gasteiger partial charge in [-0.15, -0.1) is 0 Å². The molecule has 3 atom stereocenters. The van der Waals surface area contributed by atoms with Crippen molar-refractivity contribution in [3.63, 3.8) is 0 Å². The van der Waals surface area contributed by atoms with Crippen molar-refractivity contribution in [2.24, 2.45) is 23.7 Å². The van der Waals surface area contributed by atoms with Crippen LogP contribution in [0.25, 0.3) is 0 Å². The van der Waals surface area contributed by atoms with E-state index in [4.69, 9.17) is 10.5 Å². The number of nitrogens with two attached hydrogens (primary N) is 1. The summed E-state index contributed by atoms with van der Waals surface area (Å²) in [6, 6.07) is 5.93. The highest BCUT2D eigenvalue weighted by Gasteiger charge is 2.64. The minimum atomic E-state index is -3.00. The largest absolute Gasteiger partial charge is 0.462 e. The van der Waals surface area contributed by atoms with E-state index in [1.165, 1.54) is 35.0 Å². The number of fused-ring (bicyclic) bond motifs is 1. The molecule has 152 valence electrons. The number of ether oxygens (including phenoxy) is 1. The van der Waals surface area contributed by atoms with Crippen molar-refractivity contribution in [1.29, 1.82) is 0 Å². The third kappa shape index (κ3) is 3.20. The standard InChI is InChI=1S/C20H18F3N3O3/c1-26-5-4-11(8-17(26)28)15(27)7-10-2-3-14(21)12(6-10)20(18(22)23)13-9-16(13)29-19(24)25-20/h2-6,8,13,16,18H,7,9H2,1H3,(H2,24,25)/t13-,16+,20+/m0/s1. The Balaban J connectivity index is 1.71. The molecule has 0 saturated heterocycles. The van der Waals surface area contributed by atoms with E-state index in [1.54, 1.807) is 7.05 Å². The molecule has 1 aromatic carbocycles. The Hall–Kier alpha value is -3.10. The highest BCUT2D eigenvalue weighted by Crippen LogP contribution is 2.56. The molecule has 9 heteroatoms. The van der Waals surface area contributed by atoms with E-state index in [2.05, 4.69) is 4.99 Å². The number of alkyl halides is 2. The molecule has 1 fully saturated rings. The van der Waals surface area contributed by atoms with E-state index in [0.29, 0.717) is 12.0 Å². The molecular formula is C20H18F3N3O3. The molecule has 0 spiro atoms. The molecule has 29 heavy (non-hydrogen) atoms. The van der Waals surface area contributed by atoms with Crippen molar-refractivity contribution in [2.45, 2.75) is 30.9 Å². The number of amidine groups is 1.